The lowest BCUT2D eigenvalue weighted by atomic mass is 10.1. The van der Waals surface area contributed by atoms with Crippen LogP contribution in [0.1, 0.15) is 18.4 Å². The van der Waals surface area contributed by atoms with Gasteiger partial charge in [0.1, 0.15) is 0 Å². The number of benzene rings is 1. The van der Waals surface area contributed by atoms with Gasteiger partial charge in [-0.25, -0.2) is 0 Å². The first-order valence-corrected chi connectivity index (χ1v) is 5.91. The van der Waals surface area contributed by atoms with E-state index in [1.165, 1.54) is 0 Å². The number of rotatable bonds is 3. The maximum absolute atomic E-state index is 9.34. The molecule has 0 radical (unpaired) electrons. The van der Waals surface area contributed by atoms with Crippen LogP contribution in [0.15, 0.2) is 18.2 Å². The molecule has 2 N–H and O–H groups in total. The summed E-state index contributed by atoms with van der Waals surface area (Å²) in [5, 5.41) is 19.2. The maximum atomic E-state index is 9.34. The van der Waals surface area contributed by atoms with Crippen LogP contribution in [-0.2, 0) is 6.61 Å². The summed E-state index contributed by atoms with van der Waals surface area (Å²) in [5.41, 5.74) is 1.70. The third-order valence-electron chi connectivity index (χ3n) is 3.15. The Balaban J connectivity index is 2.35. The summed E-state index contributed by atoms with van der Waals surface area (Å²) in [6.45, 7) is 1.000. The Labute approximate surface area is 100 Å². The summed E-state index contributed by atoms with van der Waals surface area (Å²) in [7, 11) is 0. The molecule has 0 bridgehead atoms. The molecule has 16 heavy (non-hydrogen) atoms. The number of nitrogens with zero attached hydrogens (tertiary/aromatic N) is 1. The first-order chi connectivity index (χ1) is 7.77. The van der Waals surface area contributed by atoms with Crippen LogP contribution >= 0.6 is 11.6 Å². The van der Waals surface area contributed by atoms with Crippen molar-refractivity contribution in [3.05, 3.63) is 28.8 Å². The molecule has 1 saturated heterocycles. The van der Waals surface area contributed by atoms with E-state index in [9.17, 15) is 10.2 Å². The molecule has 1 unspecified atom stereocenters. The molecule has 0 aliphatic carbocycles. The molecule has 0 spiro atoms. The van der Waals surface area contributed by atoms with Crippen LogP contribution in [0.5, 0.6) is 0 Å². The number of aliphatic hydroxyl groups excluding tert-OH is 2. The zero-order valence-corrected chi connectivity index (χ0v) is 9.82. The van der Waals surface area contributed by atoms with E-state index in [0.29, 0.717) is 5.02 Å². The van der Waals surface area contributed by atoms with Crippen molar-refractivity contribution >= 4 is 17.3 Å². The SMILES string of the molecule is OCc1c(Cl)cccc1N1CCCC1CO. The Bertz CT molecular complexity index is 370. The number of halogens is 1. The minimum atomic E-state index is -0.0658. The van der Waals surface area contributed by atoms with E-state index in [4.69, 9.17) is 11.6 Å². The highest BCUT2D eigenvalue weighted by molar-refractivity contribution is 6.31. The lowest BCUT2D eigenvalue weighted by Gasteiger charge is -2.27. The molecule has 3 nitrogen and oxygen atoms in total. The summed E-state index contributed by atoms with van der Waals surface area (Å²) < 4.78 is 0. The van der Waals surface area contributed by atoms with Gasteiger partial charge in [0.2, 0.25) is 0 Å². The topological polar surface area (TPSA) is 43.7 Å². The number of aliphatic hydroxyl groups is 2. The van der Waals surface area contributed by atoms with Crippen LogP contribution < -0.4 is 4.90 Å². The van der Waals surface area contributed by atoms with Crippen molar-refractivity contribution in [2.45, 2.75) is 25.5 Å². The molecule has 1 aliphatic heterocycles. The average Bonchev–Trinajstić information content (AvgIpc) is 2.76. The number of hydrogen-bond donors (Lipinski definition) is 2. The summed E-state index contributed by atoms with van der Waals surface area (Å²) in [5.74, 6) is 0. The Morgan fingerprint density at radius 3 is 2.88 bits per heavy atom. The fraction of sp³-hybridized carbons (Fsp3) is 0.500. The molecule has 1 atom stereocenters. The van der Waals surface area contributed by atoms with Gasteiger partial charge in [0.05, 0.1) is 19.3 Å². The number of hydrogen-bond acceptors (Lipinski definition) is 3. The third-order valence-corrected chi connectivity index (χ3v) is 3.50. The van der Waals surface area contributed by atoms with Crippen molar-refractivity contribution < 1.29 is 10.2 Å². The molecule has 1 aromatic carbocycles. The standard InChI is InChI=1S/C12H16ClNO2/c13-11-4-1-5-12(10(11)8-16)14-6-2-3-9(14)7-15/h1,4-5,9,15-16H,2-3,6-8H2. The van der Waals surface area contributed by atoms with Gasteiger partial charge in [-0.1, -0.05) is 17.7 Å². The van der Waals surface area contributed by atoms with Crippen molar-refractivity contribution in [2.24, 2.45) is 0 Å². The van der Waals surface area contributed by atoms with Crippen molar-refractivity contribution in [3.63, 3.8) is 0 Å². The van der Waals surface area contributed by atoms with E-state index in [1.54, 1.807) is 6.07 Å². The summed E-state index contributed by atoms with van der Waals surface area (Å²) in [6.07, 6.45) is 2.07. The predicted octanol–water partition coefficient (Wildman–Crippen LogP) is 1.79. The minimum absolute atomic E-state index is 0.0658. The highest BCUT2D eigenvalue weighted by atomic mass is 35.5. The van der Waals surface area contributed by atoms with Gasteiger partial charge >= 0.3 is 0 Å². The zero-order chi connectivity index (χ0) is 11.5. The molecule has 1 fully saturated rings. The molecular formula is C12H16ClNO2. The Morgan fingerprint density at radius 2 is 2.19 bits per heavy atom. The second-order valence-electron chi connectivity index (χ2n) is 4.07. The van der Waals surface area contributed by atoms with Crippen molar-refractivity contribution in [2.75, 3.05) is 18.1 Å². The van der Waals surface area contributed by atoms with Gasteiger partial charge in [0.15, 0.2) is 0 Å². The molecule has 1 heterocycles. The minimum Gasteiger partial charge on any atom is -0.394 e. The lowest BCUT2D eigenvalue weighted by molar-refractivity contribution is 0.264. The van der Waals surface area contributed by atoms with Crippen LogP contribution in [0, 0.1) is 0 Å². The zero-order valence-electron chi connectivity index (χ0n) is 9.06. The van der Waals surface area contributed by atoms with Crippen LogP contribution in [-0.4, -0.2) is 29.4 Å². The highest BCUT2D eigenvalue weighted by Crippen LogP contribution is 2.32. The van der Waals surface area contributed by atoms with E-state index in [2.05, 4.69) is 4.90 Å². The smallest absolute Gasteiger partial charge is 0.0716 e. The first kappa shape index (κ1) is 11.7. The quantitative estimate of drug-likeness (QED) is 0.848. The van der Waals surface area contributed by atoms with Crippen LogP contribution in [0.25, 0.3) is 0 Å². The van der Waals surface area contributed by atoms with E-state index in [1.807, 2.05) is 12.1 Å². The van der Waals surface area contributed by atoms with Crippen LogP contribution in [0.2, 0.25) is 5.02 Å². The van der Waals surface area contributed by atoms with Gasteiger partial charge in [-0.15, -0.1) is 0 Å². The van der Waals surface area contributed by atoms with Gasteiger partial charge in [-0.05, 0) is 25.0 Å². The third kappa shape index (κ3) is 2.03. The van der Waals surface area contributed by atoms with E-state index < -0.39 is 0 Å². The molecule has 2 rings (SSSR count). The first-order valence-electron chi connectivity index (χ1n) is 5.53. The normalized spacial score (nSPS) is 20.4. The van der Waals surface area contributed by atoms with Crippen molar-refractivity contribution in [1.82, 2.24) is 0 Å². The monoisotopic (exact) mass is 241 g/mol. The Kier molecular flexibility index (Phi) is 3.69. The largest absolute Gasteiger partial charge is 0.394 e. The summed E-state index contributed by atoms with van der Waals surface area (Å²) in [6, 6.07) is 5.76. The van der Waals surface area contributed by atoms with E-state index in [0.717, 1.165) is 30.6 Å². The fourth-order valence-corrected chi connectivity index (χ4v) is 2.54. The molecule has 1 aliphatic rings. The summed E-state index contributed by atoms with van der Waals surface area (Å²) >= 11 is 6.05. The van der Waals surface area contributed by atoms with Gasteiger partial charge < -0.3 is 15.1 Å². The predicted molar refractivity (Wildman–Crippen MR) is 64.8 cm³/mol. The molecule has 1 aromatic rings. The molecule has 4 heteroatoms. The fourth-order valence-electron chi connectivity index (χ4n) is 2.32. The lowest BCUT2D eigenvalue weighted by Crippen LogP contribution is -2.32. The molecule has 0 amide bonds. The maximum Gasteiger partial charge on any atom is 0.0716 e. The Hall–Kier alpha value is -0.770. The molecule has 0 aromatic heterocycles. The van der Waals surface area contributed by atoms with Crippen molar-refractivity contribution in [3.8, 4) is 0 Å². The van der Waals surface area contributed by atoms with Crippen molar-refractivity contribution in [1.29, 1.82) is 0 Å². The molecule has 0 saturated carbocycles. The average molecular weight is 242 g/mol. The van der Waals surface area contributed by atoms with E-state index >= 15 is 0 Å². The van der Waals surface area contributed by atoms with Gasteiger partial charge in [-0.3, -0.25) is 0 Å². The van der Waals surface area contributed by atoms with Gasteiger partial charge in [0, 0.05) is 22.8 Å². The van der Waals surface area contributed by atoms with Crippen LogP contribution in [0.3, 0.4) is 0 Å². The summed E-state index contributed by atoms with van der Waals surface area (Å²) in [4.78, 5) is 2.14. The van der Waals surface area contributed by atoms with Gasteiger partial charge in [-0.2, -0.15) is 0 Å². The molecule has 88 valence electrons. The van der Waals surface area contributed by atoms with E-state index in [-0.39, 0.29) is 19.3 Å². The molecular weight excluding hydrogens is 226 g/mol. The second kappa shape index (κ2) is 5.04. The second-order valence-corrected chi connectivity index (χ2v) is 4.47. The number of anilines is 1. The van der Waals surface area contributed by atoms with Gasteiger partial charge in [0.25, 0.3) is 0 Å². The van der Waals surface area contributed by atoms with Crippen LogP contribution in [0.4, 0.5) is 5.69 Å². The highest BCUT2D eigenvalue weighted by Gasteiger charge is 2.25. The Morgan fingerprint density at radius 1 is 1.38 bits per heavy atom.